The molecule has 0 unspecified atom stereocenters. The smallest absolute Gasteiger partial charge is 0.264 e. The monoisotopic (exact) mass is 384 g/mol. The predicted octanol–water partition coefficient (Wildman–Crippen LogP) is 3.46. The van der Waals surface area contributed by atoms with Crippen LogP contribution in [-0.2, 0) is 4.79 Å². The van der Waals surface area contributed by atoms with E-state index in [4.69, 9.17) is 17.0 Å². The number of carbonyl (C=O) groups is 1. The van der Waals surface area contributed by atoms with Crippen LogP contribution in [0.25, 0.3) is 0 Å². The Morgan fingerprint density at radius 3 is 2.77 bits per heavy atom. The first-order valence-electron chi connectivity index (χ1n) is 7.54. The maximum absolute atomic E-state index is 11.8. The van der Waals surface area contributed by atoms with Crippen LogP contribution >= 0.6 is 28.1 Å². The summed E-state index contributed by atoms with van der Waals surface area (Å²) in [6.07, 6.45) is 5.97. The van der Waals surface area contributed by atoms with Gasteiger partial charge in [0.2, 0.25) is 0 Å². The van der Waals surface area contributed by atoms with Crippen molar-refractivity contribution in [3.8, 4) is 5.75 Å². The molecule has 2 rings (SSSR count). The van der Waals surface area contributed by atoms with E-state index < -0.39 is 0 Å². The molecule has 0 spiro atoms. The topological polar surface area (TPSA) is 50.4 Å². The Kier molecular flexibility index (Phi) is 6.64. The summed E-state index contributed by atoms with van der Waals surface area (Å²) in [5, 5.41) is 6.27. The van der Waals surface area contributed by atoms with E-state index in [0.717, 1.165) is 22.9 Å². The lowest BCUT2D eigenvalue weighted by molar-refractivity contribution is -0.121. The molecule has 2 N–H and O–H groups in total. The second kappa shape index (κ2) is 8.48. The summed E-state index contributed by atoms with van der Waals surface area (Å²) in [6, 6.07) is 5.99. The largest absolute Gasteiger partial charge is 0.484 e. The molecule has 0 radical (unpaired) electrons. The van der Waals surface area contributed by atoms with Gasteiger partial charge in [0.1, 0.15) is 5.75 Å². The van der Waals surface area contributed by atoms with Gasteiger partial charge in [-0.3, -0.25) is 4.79 Å². The van der Waals surface area contributed by atoms with Crippen molar-refractivity contribution in [2.75, 3.05) is 6.61 Å². The zero-order valence-corrected chi connectivity index (χ0v) is 15.1. The Bertz CT molecular complexity index is 545. The molecular formula is C16H21BrN2O2S. The summed E-state index contributed by atoms with van der Waals surface area (Å²) in [4.78, 5) is 11.8. The average molecular weight is 385 g/mol. The van der Waals surface area contributed by atoms with Crippen LogP contribution in [0, 0.1) is 6.92 Å². The quantitative estimate of drug-likeness (QED) is 0.780. The van der Waals surface area contributed by atoms with Crippen molar-refractivity contribution in [2.45, 2.75) is 45.1 Å². The van der Waals surface area contributed by atoms with Crippen LogP contribution in [0.1, 0.15) is 37.7 Å². The molecule has 22 heavy (non-hydrogen) atoms. The summed E-state index contributed by atoms with van der Waals surface area (Å²) >= 11 is 8.60. The van der Waals surface area contributed by atoms with E-state index in [0.29, 0.717) is 16.9 Å². The fraction of sp³-hybridized carbons (Fsp3) is 0.500. The lowest BCUT2D eigenvalue weighted by Gasteiger charge is -2.24. The standard InChI is InChI=1S/C16H21BrN2O2S/c1-11-9-13(7-8-14(11)17)21-10-15(20)19-16(22)18-12-5-3-2-4-6-12/h7-9,12H,2-6,10H2,1H3,(H2,18,19,20,22). The van der Waals surface area contributed by atoms with Crippen molar-refractivity contribution >= 4 is 39.2 Å². The molecular weight excluding hydrogens is 364 g/mol. The van der Waals surface area contributed by atoms with Crippen LogP contribution in [0.5, 0.6) is 5.75 Å². The summed E-state index contributed by atoms with van der Waals surface area (Å²) in [7, 11) is 0. The van der Waals surface area contributed by atoms with Gasteiger partial charge < -0.3 is 15.4 Å². The zero-order valence-electron chi connectivity index (χ0n) is 12.7. The van der Waals surface area contributed by atoms with Crippen molar-refractivity contribution in [1.82, 2.24) is 10.6 Å². The molecule has 1 amide bonds. The van der Waals surface area contributed by atoms with Gasteiger partial charge >= 0.3 is 0 Å². The summed E-state index contributed by atoms with van der Waals surface area (Å²) < 4.78 is 6.49. The maximum Gasteiger partial charge on any atom is 0.264 e. The van der Waals surface area contributed by atoms with Gasteiger partial charge in [0.15, 0.2) is 11.7 Å². The van der Waals surface area contributed by atoms with E-state index in [9.17, 15) is 4.79 Å². The number of nitrogens with one attached hydrogen (secondary N) is 2. The van der Waals surface area contributed by atoms with Crippen LogP contribution in [0.4, 0.5) is 0 Å². The van der Waals surface area contributed by atoms with Gasteiger partial charge in [0.25, 0.3) is 5.91 Å². The number of halogens is 1. The van der Waals surface area contributed by atoms with Crippen molar-refractivity contribution in [3.05, 3.63) is 28.2 Å². The average Bonchev–Trinajstić information content (AvgIpc) is 2.49. The number of rotatable bonds is 4. The molecule has 0 atom stereocenters. The third kappa shape index (κ3) is 5.57. The predicted molar refractivity (Wildman–Crippen MR) is 95.1 cm³/mol. The molecule has 1 fully saturated rings. The molecule has 0 aliphatic heterocycles. The SMILES string of the molecule is Cc1cc(OCC(=O)NC(=S)NC2CCCCC2)ccc1Br. The summed E-state index contributed by atoms with van der Waals surface area (Å²) in [5.41, 5.74) is 1.06. The third-order valence-electron chi connectivity index (χ3n) is 3.69. The molecule has 0 aromatic heterocycles. The molecule has 0 heterocycles. The number of amides is 1. The van der Waals surface area contributed by atoms with Crippen molar-refractivity contribution in [1.29, 1.82) is 0 Å². The molecule has 1 aliphatic rings. The van der Waals surface area contributed by atoms with Crippen molar-refractivity contribution in [3.63, 3.8) is 0 Å². The lowest BCUT2D eigenvalue weighted by Crippen LogP contribution is -2.46. The van der Waals surface area contributed by atoms with Crippen LogP contribution in [-0.4, -0.2) is 23.7 Å². The van der Waals surface area contributed by atoms with E-state index in [2.05, 4.69) is 26.6 Å². The number of hydrogen-bond acceptors (Lipinski definition) is 3. The second-order valence-electron chi connectivity index (χ2n) is 5.56. The first kappa shape index (κ1) is 17.2. The maximum atomic E-state index is 11.8. The number of carbonyl (C=O) groups excluding carboxylic acids is 1. The van der Waals surface area contributed by atoms with E-state index in [1.807, 2.05) is 25.1 Å². The molecule has 0 saturated heterocycles. The minimum absolute atomic E-state index is 0.0481. The lowest BCUT2D eigenvalue weighted by atomic mass is 9.96. The van der Waals surface area contributed by atoms with Crippen LogP contribution < -0.4 is 15.4 Å². The van der Waals surface area contributed by atoms with Crippen LogP contribution in [0.3, 0.4) is 0 Å². The number of benzene rings is 1. The Morgan fingerprint density at radius 1 is 1.36 bits per heavy atom. The number of ether oxygens (including phenoxy) is 1. The van der Waals surface area contributed by atoms with Gasteiger partial charge in [0, 0.05) is 10.5 Å². The molecule has 1 aromatic carbocycles. The first-order valence-corrected chi connectivity index (χ1v) is 8.74. The van der Waals surface area contributed by atoms with Gasteiger partial charge in [-0.25, -0.2) is 0 Å². The third-order valence-corrected chi connectivity index (χ3v) is 4.80. The highest BCUT2D eigenvalue weighted by molar-refractivity contribution is 9.10. The number of thiocarbonyl (C=S) groups is 1. The van der Waals surface area contributed by atoms with Crippen LogP contribution in [0.15, 0.2) is 22.7 Å². The minimum Gasteiger partial charge on any atom is -0.484 e. The fourth-order valence-electron chi connectivity index (χ4n) is 2.49. The molecule has 120 valence electrons. The second-order valence-corrected chi connectivity index (χ2v) is 6.82. The summed E-state index contributed by atoms with van der Waals surface area (Å²) in [5.74, 6) is 0.427. The van der Waals surface area contributed by atoms with Gasteiger partial charge in [-0.1, -0.05) is 35.2 Å². The Balaban J connectivity index is 1.72. The van der Waals surface area contributed by atoms with Crippen LogP contribution in [0.2, 0.25) is 0 Å². The normalized spacial score (nSPS) is 15.2. The molecule has 6 heteroatoms. The molecule has 1 aromatic rings. The molecule has 1 saturated carbocycles. The molecule has 4 nitrogen and oxygen atoms in total. The van der Waals surface area contributed by atoms with E-state index in [1.165, 1.54) is 19.3 Å². The highest BCUT2D eigenvalue weighted by Gasteiger charge is 2.15. The van der Waals surface area contributed by atoms with Gasteiger partial charge in [-0.15, -0.1) is 0 Å². The van der Waals surface area contributed by atoms with Gasteiger partial charge in [-0.2, -0.15) is 0 Å². The summed E-state index contributed by atoms with van der Waals surface area (Å²) in [6.45, 7) is 1.92. The zero-order chi connectivity index (χ0) is 15.9. The van der Waals surface area contributed by atoms with Gasteiger partial charge in [-0.05, 0) is 55.7 Å². The first-order chi connectivity index (χ1) is 10.5. The Labute approximate surface area is 145 Å². The molecule has 1 aliphatic carbocycles. The van der Waals surface area contributed by atoms with Crippen molar-refractivity contribution < 1.29 is 9.53 Å². The number of hydrogen-bond donors (Lipinski definition) is 2. The number of aryl methyl sites for hydroxylation is 1. The Hall–Kier alpha value is -1.14. The Morgan fingerprint density at radius 2 is 2.09 bits per heavy atom. The minimum atomic E-state index is -0.242. The van der Waals surface area contributed by atoms with Crippen molar-refractivity contribution in [2.24, 2.45) is 0 Å². The van der Waals surface area contributed by atoms with E-state index >= 15 is 0 Å². The van der Waals surface area contributed by atoms with E-state index in [1.54, 1.807) is 0 Å². The fourth-order valence-corrected chi connectivity index (χ4v) is 3.01. The van der Waals surface area contributed by atoms with E-state index in [-0.39, 0.29) is 12.5 Å². The van der Waals surface area contributed by atoms with Gasteiger partial charge in [0.05, 0.1) is 0 Å². The molecule has 0 bridgehead atoms. The highest BCUT2D eigenvalue weighted by Crippen LogP contribution is 2.21. The highest BCUT2D eigenvalue weighted by atomic mass is 79.9.